The number of rotatable bonds is 7. The van der Waals surface area contributed by atoms with Crippen molar-refractivity contribution < 1.29 is 35.6 Å². The van der Waals surface area contributed by atoms with Crippen molar-refractivity contribution >= 4 is 21.7 Å². The quantitative estimate of drug-likeness (QED) is 0.517. The number of benzene rings is 2. The largest absolute Gasteiger partial charge is 0.416 e. The molecule has 11 heteroatoms. The molecule has 4 rings (SSSR count). The highest BCUT2D eigenvalue weighted by Gasteiger charge is 2.41. The summed E-state index contributed by atoms with van der Waals surface area (Å²) < 4.78 is 77.8. The lowest BCUT2D eigenvalue weighted by Crippen LogP contribution is -2.47. The molecule has 200 valence electrons. The van der Waals surface area contributed by atoms with Crippen molar-refractivity contribution in [3.8, 4) is 0 Å². The van der Waals surface area contributed by atoms with Gasteiger partial charge in [0.25, 0.3) is 5.91 Å². The Morgan fingerprint density at radius 2 is 1.81 bits per heavy atom. The van der Waals surface area contributed by atoms with E-state index < -0.39 is 51.3 Å². The summed E-state index contributed by atoms with van der Waals surface area (Å²) in [6.07, 6.45) is -0.876. The van der Waals surface area contributed by atoms with Crippen molar-refractivity contribution in [1.82, 2.24) is 10.2 Å². The van der Waals surface area contributed by atoms with Crippen LogP contribution >= 0.6 is 0 Å². The van der Waals surface area contributed by atoms with Crippen molar-refractivity contribution in [2.45, 2.75) is 62.2 Å². The number of carbonyl (C=O) groups excluding carboxylic acids is 2. The zero-order chi connectivity index (χ0) is 27.1. The van der Waals surface area contributed by atoms with Crippen molar-refractivity contribution in [3.63, 3.8) is 0 Å². The van der Waals surface area contributed by atoms with Gasteiger partial charge in [0.2, 0.25) is 5.91 Å². The van der Waals surface area contributed by atoms with E-state index in [0.717, 1.165) is 18.4 Å². The Labute approximate surface area is 213 Å². The zero-order valence-electron chi connectivity index (χ0n) is 20.4. The molecule has 6 nitrogen and oxygen atoms in total. The molecule has 0 aromatic heterocycles. The number of sulfone groups is 1. The average molecular weight is 541 g/mol. The molecule has 2 fully saturated rings. The van der Waals surface area contributed by atoms with Crippen molar-refractivity contribution in [3.05, 3.63) is 64.5 Å². The summed E-state index contributed by atoms with van der Waals surface area (Å²) in [4.78, 5) is 28.2. The molecule has 37 heavy (non-hydrogen) atoms. The summed E-state index contributed by atoms with van der Waals surface area (Å²) in [6, 6.07) is 4.97. The molecule has 1 heterocycles. The standard InChI is InChI=1S/C26H28F4N2O4S/c1-3-15-8-10-18(37(2,35)36)14-20(15)25(34)32-12-4-5-22(32)24(33)31-23(16-6-7-16)19-11-9-17(13-21(19)27)26(28,29)30/h8-11,13-14,16,22-23H,3-7,12H2,1-2H3,(H,31,33)/t22-,23-/m1/s1. The molecule has 2 aromatic rings. The van der Waals surface area contributed by atoms with Crippen molar-refractivity contribution in [1.29, 1.82) is 0 Å². The molecular formula is C26H28F4N2O4S. The molecule has 1 aliphatic heterocycles. The maximum Gasteiger partial charge on any atom is 0.416 e. The van der Waals surface area contributed by atoms with E-state index in [0.29, 0.717) is 43.7 Å². The van der Waals surface area contributed by atoms with E-state index in [1.54, 1.807) is 6.07 Å². The molecule has 0 unspecified atom stereocenters. The number of likely N-dealkylation sites (tertiary alicyclic amines) is 1. The van der Waals surface area contributed by atoms with E-state index >= 15 is 0 Å². The van der Waals surface area contributed by atoms with Gasteiger partial charge >= 0.3 is 6.18 Å². The second-order valence-electron chi connectivity index (χ2n) is 9.66. The number of hydrogen-bond donors (Lipinski definition) is 1. The third kappa shape index (κ3) is 5.81. The van der Waals surface area contributed by atoms with Gasteiger partial charge in [-0.1, -0.05) is 19.1 Å². The number of nitrogens with one attached hydrogen (secondary N) is 1. The summed E-state index contributed by atoms with van der Waals surface area (Å²) in [7, 11) is -3.56. The van der Waals surface area contributed by atoms with E-state index in [9.17, 15) is 35.6 Å². The maximum atomic E-state index is 14.7. The second kappa shape index (κ2) is 10.1. The smallest absolute Gasteiger partial charge is 0.347 e. The Hall–Kier alpha value is -2.95. The normalized spacial score (nSPS) is 19.1. The van der Waals surface area contributed by atoms with Crippen molar-refractivity contribution in [2.75, 3.05) is 12.8 Å². The molecular weight excluding hydrogens is 512 g/mol. The van der Waals surface area contributed by atoms with Gasteiger partial charge in [-0.3, -0.25) is 9.59 Å². The minimum atomic E-state index is -4.69. The number of aryl methyl sites for hydroxylation is 1. The van der Waals surface area contributed by atoms with Crippen LogP contribution in [0.5, 0.6) is 0 Å². The molecule has 1 aliphatic carbocycles. The topological polar surface area (TPSA) is 83.6 Å². The molecule has 0 radical (unpaired) electrons. The minimum absolute atomic E-state index is 0.000162. The predicted molar refractivity (Wildman–Crippen MR) is 128 cm³/mol. The summed E-state index contributed by atoms with van der Waals surface area (Å²) >= 11 is 0. The van der Waals surface area contributed by atoms with Crippen LogP contribution in [0.3, 0.4) is 0 Å². The van der Waals surface area contributed by atoms with Gasteiger partial charge in [0.1, 0.15) is 11.9 Å². The zero-order valence-corrected chi connectivity index (χ0v) is 21.3. The van der Waals surface area contributed by atoms with Gasteiger partial charge in [0.05, 0.1) is 16.5 Å². The van der Waals surface area contributed by atoms with Crippen LogP contribution in [0.15, 0.2) is 41.3 Å². The average Bonchev–Trinajstić information content (AvgIpc) is 3.55. The lowest BCUT2D eigenvalue weighted by molar-refractivity contribution is -0.137. The van der Waals surface area contributed by atoms with Crippen LogP contribution in [0.1, 0.15) is 65.7 Å². The first-order valence-electron chi connectivity index (χ1n) is 12.1. The van der Waals surface area contributed by atoms with Crippen LogP contribution in [-0.2, 0) is 27.2 Å². The van der Waals surface area contributed by atoms with Gasteiger partial charge < -0.3 is 10.2 Å². The van der Waals surface area contributed by atoms with E-state index in [4.69, 9.17) is 0 Å². The lowest BCUT2D eigenvalue weighted by atomic mass is 9.99. The molecule has 1 N–H and O–H groups in total. The minimum Gasteiger partial charge on any atom is -0.347 e. The van der Waals surface area contributed by atoms with E-state index in [1.807, 2.05) is 6.92 Å². The fourth-order valence-electron chi connectivity index (χ4n) is 4.81. The second-order valence-corrected chi connectivity index (χ2v) is 11.7. The number of hydrogen-bond acceptors (Lipinski definition) is 4. The SMILES string of the molecule is CCc1ccc(S(C)(=O)=O)cc1C(=O)N1CCC[C@@H]1C(=O)N[C@@H](c1ccc(C(F)(F)F)cc1F)C1CC1. The highest BCUT2D eigenvalue weighted by atomic mass is 32.2. The van der Waals surface area contributed by atoms with Crippen LogP contribution in [0, 0.1) is 11.7 Å². The lowest BCUT2D eigenvalue weighted by Gasteiger charge is -2.28. The molecule has 0 spiro atoms. The van der Waals surface area contributed by atoms with Crippen LogP contribution in [0.2, 0.25) is 0 Å². The molecule has 2 atom stereocenters. The Kier molecular flexibility index (Phi) is 7.38. The number of halogens is 4. The Bertz CT molecular complexity index is 1320. The van der Waals surface area contributed by atoms with Gasteiger partial charge in [-0.05, 0) is 67.9 Å². The summed E-state index contributed by atoms with van der Waals surface area (Å²) in [5.41, 5.74) is -0.275. The number of nitrogens with zero attached hydrogens (tertiary/aromatic N) is 1. The molecule has 1 saturated heterocycles. The maximum absolute atomic E-state index is 14.7. The van der Waals surface area contributed by atoms with Crippen molar-refractivity contribution in [2.24, 2.45) is 5.92 Å². The number of carbonyl (C=O) groups is 2. The van der Waals surface area contributed by atoms with Crippen LogP contribution in [0.25, 0.3) is 0 Å². The fourth-order valence-corrected chi connectivity index (χ4v) is 5.46. The van der Waals surface area contributed by atoms with Crippen LogP contribution < -0.4 is 5.32 Å². The van der Waals surface area contributed by atoms with E-state index in [1.165, 1.54) is 17.0 Å². The fraction of sp³-hybridized carbons (Fsp3) is 0.462. The van der Waals surface area contributed by atoms with Gasteiger partial charge in [0.15, 0.2) is 9.84 Å². The first-order chi connectivity index (χ1) is 17.3. The van der Waals surface area contributed by atoms with Gasteiger partial charge in [0, 0.05) is 23.9 Å². The first-order valence-corrected chi connectivity index (χ1v) is 14.0. The Balaban J connectivity index is 1.58. The summed E-state index contributed by atoms with van der Waals surface area (Å²) in [5, 5.41) is 2.79. The van der Waals surface area contributed by atoms with Gasteiger partial charge in [-0.25, -0.2) is 12.8 Å². The predicted octanol–water partition coefficient (Wildman–Crippen LogP) is 4.68. The molecule has 2 amide bonds. The number of amides is 2. The van der Waals surface area contributed by atoms with Crippen LogP contribution in [0.4, 0.5) is 17.6 Å². The van der Waals surface area contributed by atoms with E-state index in [-0.39, 0.29) is 28.5 Å². The van der Waals surface area contributed by atoms with Gasteiger partial charge in [-0.2, -0.15) is 13.2 Å². The third-order valence-electron chi connectivity index (χ3n) is 6.99. The molecule has 0 bridgehead atoms. The molecule has 2 aliphatic rings. The molecule has 1 saturated carbocycles. The Morgan fingerprint density at radius 1 is 1.11 bits per heavy atom. The van der Waals surface area contributed by atoms with Crippen LogP contribution in [-0.4, -0.2) is 44.0 Å². The summed E-state index contributed by atoms with van der Waals surface area (Å²) in [5.74, 6) is -2.14. The Morgan fingerprint density at radius 3 is 2.38 bits per heavy atom. The summed E-state index contributed by atoms with van der Waals surface area (Å²) in [6.45, 7) is 2.12. The van der Waals surface area contributed by atoms with Gasteiger partial charge in [-0.15, -0.1) is 0 Å². The highest BCUT2D eigenvalue weighted by Crippen LogP contribution is 2.43. The highest BCUT2D eigenvalue weighted by molar-refractivity contribution is 7.90. The monoisotopic (exact) mass is 540 g/mol. The third-order valence-corrected chi connectivity index (χ3v) is 8.10. The number of alkyl halides is 3. The first kappa shape index (κ1) is 27.1. The molecule has 2 aromatic carbocycles. The van der Waals surface area contributed by atoms with E-state index in [2.05, 4.69) is 5.32 Å².